The second-order valence-electron chi connectivity index (χ2n) is 7.32. The minimum absolute atomic E-state index is 0.0640. The second kappa shape index (κ2) is 7.14. The van der Waals surface area contributed by atoms with Gasteiger partial charge in [0.25, 0.3) is 0 Å². The van der Waals surface area contributed by atoms with E-state index in [1.807, 2.05) is 30.1 Å². The number of aryl methyl sites for hydroxylation is 1. The molecule has 25 heavy (non-hydrogen) atoms. The van der Waals surface area contributed by atoms with E-state index in [0.29, 0.717) is 12.7 Å². The predicted octanol–water partition coefficient (Wildman–Crippen LogP) is 2.27. The van der Waals surface area contributed by atoms with Crippen LogP contribution in [0.2, 0.25) is 0 Å². The maximum atomic E-state index is 6.14. The molecule has 4 rings (SSSR count). The Bertz CT molecular complexity index is 690. The van der Waals surface area contributed by atoms with Gasteiger partial charge in [-0.3, -0.25) is 14.6 Å². The van der Waals surface area contributed by atoms with Crippen LogP contribution in [0.1, 0.15) is 24.8 Å². The van der Waals surface area contributed by atoms with Crippen LogP contribution in [0.3, 0.4) is 0 Å². The van der Waals surface area contributed by atoms with Gasteiger partial charge in [0.2, 0.25) is 0 Å². The molecule has 2 saturated heterocycles. The van der Waals surface area contributed by atoms with Gasteiger partial charge in [-0.15, -0.1) is 0 Å². The number of nitrogens with zero attached hydrogens (tertiary/aromatic N) is 4. The molecule has 2 fully saturated rings. The molecular weight excluding hydrogens is 316 g/mol. The van der Waals surface area contributed by atoms with E-state index in [9.17, 15) is 0 Å². The van der Waals surface area contributed by atoms with Crippen molar-refractivity contribution in [3.63, 3.8) is 0 Å². The largest absolute Gasteiger partial charge is 0.491 e. The zero-order valence-electron chi connectivity index (χ0n) is 14.8. The Hall–Kier alpha value is -1.92. The van der Waals surface area contributed by atoms with Crippen molar-refractivity contribution in [2.75, 3.05) is 26.3 Å². The van der Waals surface area contributed by atoms with E-state index in [2.05, 4.69) is 21.2 Å². The summed E-state index contributed by atoms with van der Waals surface area (Å²) in [7, 11) is 1.97. The van der Waals surface area contributed by atoms with E-state index in [1.165, 1.54) is 5.56 Å². The fraction of sp³-hybridized carbons (Fsp3) is 0.579. The van der Waals surface area contributed by atoms with Crippen molar-refractivity contribution >= 4 is 0 Å². The highest BCUT2D eigenvalue weighted by Crippen LogP contribution is 2.41. The maximum Gasteiger partial charge on any atom is 0.137 e. The highest BCUT2D eigenvalue weighted by Gasteiger charge is 2.46. The van der Waals surface area contributed by atoms with E-state index in [-0.39, 0.29) is 5.41 Å². The molecule has 134 valence electrons. The fourth-order valence-corrected chi connectivity index (χ4v) is 4.20. The molecule has 2 aliphatic rings. The lowest BCUT2D eigenvalue weighted by Crippen LogP contribution is -2.57. The molecule has 0 saturated carbocycles. The molecule has 0 aromatic carbocycles. The number of fused-ring (bicyclic) bond motifs is 1. The van der Waals surface area contributed by atoms with Crippen molar-refractivity contribution in [2.45, 2.75) is 31.9 Å². The van der Waals surface area contributed by atoms with E-state index in [1.54, 1.807) is 12.4 Å². The zero-order valence-corrected chi connectivity index (χ0v) is 14.8. The van der Waals surface area contributed by atoms with Gasteiger partial charge in [0.15, 0.2) is 0 Å². The number of ether oxygens (including phenoxy) is 2. The summed E-state index contributed by atoms with van der Waals surface area (Å²) in [5.41, 5.74) is 1.33. The molecule has 2 atom stereocenters. The Morgan fingerprint density at radius 1 is 1.40 bits per heavy atom. The standard InChI is InChI=1S/C19H26N4O2/c1-22-12-16(10-21-22)13-23-8-5-18-19(14-23,6-3-9-24-18)15-25-17-4-2-7-20-11-17/h2,4,7,10-12,18H,3,5-6,8-9,13-15H2,1H3/t18-,19-/m0/s1. The van der Waals surface area contributed by atoms with Crippen molar-refractivity contribution in [1.82, 2.24) is 19.7 Å². The van der Waals surface area contributed by atoms with E-state index < -0.39 is 0 Å². The van der Waals surface area contributed by atoms with Crippen LogP contribution < -0.4 is 4.74 Å². The molecule has 6 nitrogen and oxygen atoms in total. The van der Waals surface area contributed by atoms with E-state index in [0.717, 1.165) is 51.3 Å². The molecule has 0 spiro atoms. The van der Waals surface area contributed by atoms with Crippen molar-refractivity contribution in [3.05, 3.63) is 42.5 Å². The van der Waals surface area contributed by atoms with Gasteiger partial charge < -0.3 is 9.47 Å². The lowest BCUT2D eigenvalue weighted by molar-refractivity contribution is -0.140. The van der Waals surface area contributed by atoms with Crippen molar-refractivity contribution in [3.8, 4) is 5.75 Å². The molecule has 2 aliphatic heterocycles. The van der Waals surface area contributed by atoms with Gasteiger partial charge in [-0.25, -0.2) is 0 Å². The van der Waals surface area contributed by atoms with Crippen LogP contribution >= 0.6 is 0 Å². The lowest BCUT2D eigenvalue weighted by Gasteiger charge is -2.50. The van der Waals surface area contributed by atoms with Gasteiger partial charge in [-0.1, -0.05) is 0 Å². The molecule has 0 unspecified atom stereocenters. The molecule has 0 radical (unpaired) electrons. The number of rotatable bonds is 5. The summed E-state index contributed by atoms with van der Waals surface area (Å²) >= 11 is 0. The minimum Gasteiger partial charge on any atom is -0.491 e. The normalized spacial score (nSPS) is 27.0. The summed E-state index contributed by atoms with van der Waals surface area (Å²) in [4.78, 5) is 6.67. The van der Waals surface area contributed by atoms with Crippen LogP contribution in [-0.4, -0.2) is 52.1 Å². The summed E-state index contributed by atoms with van der Waals surface area (Å²) in [6, 6.07) is 3.88. The first kappa shape index (κ1) is 16.5. The highest BCUT2D eigenvalue weighted by atomic mass is 16.5. The smallest absolute Gasteiger partial charge is 0.137 e. The molecule has 0 bridgehead atoms. The lowest BCUT2D eigenvalue weighted by atomic mass is 9.73. The number of hydrogen-bond acceptors (Lipinski definition) is 5. The molecule has 2 aromatic heterocycles. The Balaban J connectivity index is 1.46. The molecule has 4 heterocycles. The zero-order chi connectivity index (χ0) is 17.1. The van der Waals surface area contributed by atoms with E-state index in [4.69, 9.17) is 9.47 Å². The predicted molar refractivity (Wildman–Crippen MR) is 94.2 cm³/mol. The van der Waals surface area contributed by atoms with Gasteiger partial charge in [-0.05, 0) is 31.4 Å². The maximum absolute atomic E-state index is 6.14. The molecule has 6 heteroatoms. The van der Waals surface area contributed by atoms with Crippen LogP contribution in [0.15, 0.2) is 36.9 Å². The molecule has 0 aliphatic carbocycles. The van der Waals surface area contributed by atoms with Gasteiger partial charge >= 0.3 is 0 Å². The fourth-order valence-electron chi connectivity index (χ4n) is 4.20. The third-order valence-corrected chi connectivity index (χ3v) is 5.39. The summed E-state index contributed by atoms with van der Waals surface area (Å²) < 4.78 is 14.1. The Kier molecular flexibility index (Phi) is 4.72. The molecule has 2 aromatic rings. The van der Waals surface area contributed by atoms with Gasteiger partial charge in [0.05, 0.1) is 25.1 Å². The number of hydrogen-bond donors (Lipinski definition) is 0. The number of aromatic nitrogens is 3. The third kappa shape index (κ3) is 3.70. The summed E-state index contributed by atoms with van der Waals surface area (Å²) in [6.07, 6.45) is 11.2. The van der Waals surface area contributed by atoms with Gasteiger partial charge in [0, 0.05) is 56.7 Å². The quantitative estimate of drug-likeness (QED) is 0.834. The van der Waals surface area contributed by atoms with Gasteiger partial charge in [0.1, 0.15) is 5.75 Å². The van der Waals surface area contributed by atoms with Crippen LogP contribution in [-0.2, 0) is 18.3 Å². The van der Waals surface area contributed by atoms with Crippen LogP contribution in [0.4, 0.5) is 0 Å². The topological polar surface area (TPSA) is 52.4 Å². The summed E-state index contributed by atoms with van der Waals surface area (Å²) in [6.45, 7) is 4.57. The van der Waals surface area contributed by atoms with Crippen LogP contribution in [0.25, 0.3) is 0 Å². The average molecular weight is 342 g/mol. The number of likely N-dealkylation sites (tertiary alicyclic amines) is 1. The average Bonchev–Trinajstić information content (AvgIpc) is 3.05. The number of pyridine rings is 1. The second-order valence-corrected chi connectivity index (χ2v) is 7.32. The van der Waals surface area contributed by atoms with Crippen molar-refractivity contribution in [1.29, 1.82) is 0 Å². The van der Waals surface area contributed by atoms with Crippen molar-refractivity contribution < 1.29 is 9.47 Å². The summed E-state index contributed by atoms with van der Waals surface area (Å²) in [5, 5.41) is 4.29. The first-order valence-corrected chi connectivity index (χ1v) is 9.08. The number of piperidine rings is 1. The van der Waals surface area contributed by atoms with Gasteiger partial charge in [-0.2, -0.15) is 5.10 Å². The Morgan fingerprint density at radius 2 is 2.36 bits per heavy atom. The van der Waals surface area contributed by atoms with Crippen LogP contribution in [0, 0.1) is 5.41 Å². The molecule has 0 amide bonds. The highest BCUT2D eigenvalue weighted by molar-refractivity contribution is 5.16. The molecular formula is C19H26N4O2. The monoisotopic (exact) mass is 342 g/mol. The molecule has 0 N–H and O–H groups in total. The van der Waals surface area contributed by atoms with Crippen molar-refractivity contribution in [2.24, 2.45) is 12.5 Å². The van der Waals surface area contributed by atoms with Crippen LogP contribution in [0.5, 0.6) is 5.75 Å². The minimum atomic E-state index is 0.0640. The first-order chi connectivity index (χ1) is 12.2. The Labute approximate surface area is 148 Å². The van der Waals surface area contributed by atoms with E-state index >= 15 is 0 Å². The Morgan fingerprint density at radius 3 is 3.16 bits per heavy atom. The summed E-state index contributed by atoms with van der Waals surface area (Å²) in [5.74, 6) is 0.839. The first-order valence-electron chi connectivity index (χ1n) is 9.08. The third-order valence-electron chi connectivity index (χ3n) is 5.39. The SMILES string of the molecule is Cn1cc(CN2CC[C@@H]3OCCC[C@@]3(COc3cccnc3)C2)cn1.